The Balaban J connectivity index is 2.85. The Kier molecular flexibility index (Phi) is 3.38. The molecular formula is C8H8ClFN2O2. The first-order chi connectivity index (χ1) is 6.50. The molecule has 0 radical (unpaired) electrons. The van der Waals surface area contributed by atoms with E-state index in [1.54, 1.807) is 0 Å². The van der Waals surface area contributed by atoms with Crippen molar-refractivity contribution in [2.75, 3.05) is 0 Å². The molecule has 4 nitrogen and oxygen atoms in total. The maximum absolute atomic E-state index is 13.0. The van der Waals surface area contributed by atoms with Crippen molar-refractivity contribution in [3.8, 4) is 0 Å². The van der Waals surface area contributed by atoms with E-state index in [1.807, 2.05) is 0 Å². The first kappa shape index (κ1) is 10.9. The van der Waals surface area contributed by atoms with Gasteiger partial charge in [0.2, 0.25) is 5.95 Å². The summed E-state index contributed by atoms with van der Waals surface area (Å²) >= 11 is 5.56. The normalized spacial score (nSPS) is 12.5. The number of carboxylic acid groups (broad SMARTS) is 1. The van der Waals surface area contributed by atoms with Crippen LogP contribution in [0.5, 0.6) is 0 Å². The van der Waals surface area contributed by atoms with Crippen LogP contribution in [-0.4, -0.2) is 22.1 Å². The predicted molar refractivity (Wildman–Crippen MR) is 48.5 cm³/mol. The fourth-order valence-corrected chi connectivity index (χ4v) is 1.11. The second-order valence-electron chi connectivity index (χ2n) is 2.75. The third-order valence-electron chi connectivity index (χ3n) is 1.64. The summed E-state index contributed by atoms with van der Waals surface area (Å²) < 4.78 is 13.0. The lowest BCUT2D eigenvalue weighted by molar-refractivity contribution is -0.138. The summed E-state index contributed by atoms with van der Waals surface area (Å²) in [5.41, 5.74) is 5.33. The Labute approximate surface area is 84.5 Å². The molecule has 1 heterocycles. The van der Waals surface area contributed by atoms with Gasteiger partial charge in [-0.1, -0.05) is 11.6 Å². The molecule has 14 heavy (non-hydrogen) atoms. The largest absolute Gasteiger partial charge is 0.480 e. The lowest BCUT2D eigenvalue weighted by Gasteiger charge is -2.06. The zero-order valence-electron chi connectivity index (χ0n) is 7.08. The fraction of sp³-hybridized carbons (Fsp3) is 0.250. The van der Waals surface area contributed by atoms with Crippen LogP contribution in [0.4, 0.5) is 4.39 Å². The quantitative estimate of drug-likeness (QED) is 0.737. The number of hydrogen-bond acceptors (Lipinski definition) is 3. The van der Waals surface area contributed by atoms with Gasteiger partial charge in [0.1, 0.15) is 6.04 Å². The van der Waals surface area contributed by atoms with Gasteiger partial charge < -0.3 is 10.8 Å². The van der Waals surface area contributed by atoms with E-state index in [9.17, 15) is 9.18 Å². The average Bonchev–Trinajstić information content (AvgIpc) is 2.11. The topological polar surface area (TPSA) is 76.2 Å². The van der Waals surface area contributed by atoms with Crippen molar-refractivity contribution in [2.24, 2.45) is 5.73 Å². The number of aliphatic carboxylic acids is 1. The molecule has 0 bridgehead atoms. The molecular weight excluding hydrogens is 211 g/mol. The van der Waals surface area contributed by atoms with Gasteiger partial charge in [0.05, 0.1) is 5.02 Å². The Hall–Kier alpha value is -1.20. The van der Waals surface area contributed by atoms with Crippen molar-refractivity contribution in [3.63, 3.8) is 0 Å². The second kappa shape index (κ2) is 4.34. The van der Waals surface area contributed by atoms with Gasteiger partial charge in [0.25, 0.3) is 0 Å². The van der Waals surface area contributed by atoms with Crippen molar-refractivity contribution >= 4 is 17.6 Å². The van der Waals surface area contributed by atoms with Crippen molar-refractivity contribution in [2.45, 2.75) is 12.5 Å². The van der Waals surface area contributed by atoms with Crippen LogP contribution in [0, 0.1) is 5.95 Å². The van der Waals surface area contributed by atoms with Crippen LogP contribution in [0.3, 0.4) is 0 Å². The summed E-state index contributed by atoms with van der Waals surface area (Å²) in [6.07, 6.45) is 1.02. The maximum Gasteiger partial charge on any atom is 0.320 e. The monoisotopic (exact) mass is 218 g/mol. The molecule has 0 aliphatic carbocycles. The summed E-state index contributed by atoms with van der Waals surface area (Å²) in [6, 6.07) is 0.164. The molecule has 0 saturated carbocycles. The Morgan fingerprint density at radius 2 is 2.43 bits per heavy atom. The van der Waals surface area contributed by atoms with Gasteiger partial charge in [-0.05, 0) is 6.07 Å². The molecule has 0 fully saturated rings. The van der Waals surface area contributed by atoms with E-state index >= 15 is 0 Å². The number of rotatable bonds is 3. The number of pyridine rings is 1. The number of aromatic nitrogens is 1. The van der Waals surface area contributed by atoms with E-state index in [-0.39, 0.29) is 17.0 Å². The molecule has 1 atom stereocenters. The van der Waals surface area contributed by atoms with Crippen LogP contribution in [0.15, 0.2) is 12.3 Å². The predicted octanol–water partition coefficient (Wildman–Crippen LogP) is 0.829. The standard InChI is InChI=1S/C8H8ClFN2O2/c9-5-1-4(7(10)12-3-5)2-6(11)8(13)14/h1,3,6H,2,11H2,(H,13,14)/t6-/m0/s1. The third-order valence-corrected chi connectivity index (χ3v) is 1.84. The molecule has 0 saturated heterocycles. The van der Waals surface area contributed by atoms with Crippen LogP contribution < -0.4 is 5.73 Å². The number of halogens is 2. The summed E-state index contributed by atoms with van der Waals surface area (Å²) in [7, 11) is 0. The van der Waals surface area contributed by atoms with E-state index in [4.69, 9.17) is 22.4 Å². The van der Waals surface area contributed by atoms with Crippen molar-refractivity contribution in [1.82, 2.24) is 4.98 Å². The van der Waals surface area contributed by atoms with Crippen LogP contribution in [-0.2, 0) is 11.2 Å². The zero-order valence-corrected chi connectivity index (χ0v) is 7.83. The molecule has 0 aliphatic heterocycles. The molecule has 1 rings (SSSR count). The highest BCUT2D eigenvalue weighted by atomic mass is 35.5. The summed E-state index contributed by atoms with van der Waals surface area (Å²) in [5.74, 6) is -1.93. The molecule has 0 amide bonds. The van der Waals surface area contributed by atoms with Gasteiger partial charge in [0, 0.05) is 18.2 Å². The van der Waals surface area contributed by atoms with Gasteiger partial charge >= 0.3 is 5.97 Å². The summed E-state index contributed by atoms with van der Waals surface area (Å²) in [5, 5.41) is 8.75. The van der Waals surface area contributed by atoms with Gasteiger partial charge in [0.15, 0.2) is 0 Å². The Morgan fingerprint density at radius 1 is 1.79 bits per heavy atom. The Bertz CT molecular complexity index is 359. The first-order valence-electron chi connectivity index (χ1n) is 3.79. The molecule has 76 valence electrons. The Morgan fingerprint density at radius 3 is 3.00 bits per heavy atom. The lowest BCUT2D eigenvalue weighted by atomic mass is 10.1. The zero-order chi connectivity index (χ0) is 10.7. The van der Waals surface area contributed by atoms with Gasteiger partial charge in [-0.25, -0.2) is 4.98 Å². The minimum atomic E-state index is -1.19. The van der Waals surface area contributed by atoms with Crippen molar-refractivity contribution < 1.29 is 14.3 Å². The number of nitrogens with two attached hydrogens (primary N) is 1. The third kappa shape index (κ3) is 2.65. The van der Waals surface area contributed by atoms with E-state index in [1.165, 1.54) is 6.07 Å². The van der Waals surface area contributed by atoms with Crippen LogP contribution >= 0.6 is 11.6 Å². The molecule has 0 unspecified atom stereocenters. The number of carbonyl (C=O) groups is 1. The van der Waals surface area contributed by atoms with Crippen molar-refractivity contribution in [3.05, 3.63) is 28.8 Å². The second-order valence-corrected chi connectivity index (χ2v) is 3.19. The van der Waals surface area contributed by atoms with Crippen LogP contribution in [0.1, 0.15) is 5.56 Å². The molecule has 6 heteroatoms. The number of carboxylic acids is 1. The molecule has 0 aliphatic rings. The summed E-state index contributed by atoms with van der Waals surface area (Å²) in [4.78, 5) is 13.7. The van der Waals surface area contributed by atoms with Crippen LogP contribution in [0.2, 0.25) is 5.02 Å². The average molecular weight is 219 g/mol. The molecule has 3 N–H and O–H groups in total. The molecule has 0 aromatic carbocycles. The number of hydrogen-bond donors (Lipinski definition) is 2. The summed E-state index contributed by atoms with van der Waals surface area (Å²) in [6.45, 7) is 0. The van der Waals surface area contributed by atoms with E-state index in [0.29, 0.717) is 0 Å². The minimum Gasteiger partial charge on any atom is -0.480 e. The molecule has 1 aromatic rings. The minimum absolute atomic E-state index is 0.104. The number of nitrogens with zero attached hydrogens (tertiary/aromatic N) is 1. The van der Waals surface area contributed by atoms with E-state index in [2.05, 4.69) is 4.98 Å². The fourth-order valence-electron chi connectivity index (χ4n) is 0.932. The SMILES string of the molecule is N[C@@H](Cc1cc(Cl)cnc1F)C(=O)O. The van der Waals surface area contributed by atoms with E-state index in [0.717, 1.165) is 6.20 Å². The molecule has 0 spiro atoms. The van der Waals surface area contributed by atoms with Gasteiger partial charge in [-0.3, -0.25) is 4.79 Å². The maximum atomic E-state index is 13.0. The highest BCUT2D eigenvalue weighted by Gasteiger charge is 2.15. The molecule has 1 aromatic heterocycles. The lowest BCUT2D eigenvalue weighted by Crippen LogP contribution is -2.32. The highest BCUT2D eigenvalue weighted by Crippen LogP contribution is 2.13. The van der Waals surface area contributed by atoms with Crippen molar-refractivity contribution in [1.29, 1.82) is 0 Å². The van der Waals surface area contributed by atoms with Gasteiger partial charge in [-0.2, -0.15) is 4.39 Å². The van der Waals surface area contributed by atoms with Gasteiger partial charge in [-0.15, -0.1) is 0 Å². The van der Waals surface area contributed by atoms with Crippen LogP contribution in [0.25, 0.3) is 0 Å². The smallest absolute Gasteiger partial charge is 0.320 e. The highest BCUT2D eigenvalue weighted by molar-refractivity contribution is 6.30. The first-order valence-corrected chi connectivity index (χ1v) is 4.17. The van der Waals surface area contributed by atoms with E-state index < -0.39 is 18.0 Å².